The van der Waals surface area contributed by atoms with Crippen molar-refractivity contribution in [2.75, 3.05) is 0 Å². The Morgan fingerprint density at radius 3 is 2.06 bits per heavy atom. The molecule has 0 saturated carbocycles. The van der Waals surface area contributed by atoms with E-state index in [0.717, 1.165) is 12.8 Å². The molecule has 2 heteroatoms. The number of alkyl halides is 1. The molecule has 0 aliphatic carbocycles. The van der Waals surface area contributed by atoms with Crippen LogP contribution in [0.4, 0.5) is 0 Å². The summed E-state index contributed by atoms with van der Waals surface area (Å²) in [6.45, 7) is 9.00. The molecule has 1 aromatic carbocycles. The molecule has 0 N–H and O–H groups in total. The van der Waals surface area contributed by atoms with Gasteiger partial charge in [0, 0.05) is 10.4 Å². The van der Waals surface area contributed by atoms with Crippen LogP contribution in [0, 0.1) is 11.8 Å². The SMILES string of the molecule is CC(C)Cc1ccc(Br)c(CC(C)C)c1CCl. The number of rotatable bonds is 5. The van der Waals surface area contributed by atoms with Crippen molar-refractivity contribution >= 4 is 27.5 Å². The van der Waals surface area contributed by atoms with Crippen molar-refractivity contribution in [2.24, 2.45) is 11.8 Å². The number of hydrogen-bond donors (Lipinski definition) is 0. The summed E-state index contributed by atoms with van der Waals surface area (Å²) in [7, 11) is 0. The monoisotopic (exact) mass is 316 g/mol. The minimum absolute atomic E-state index is 0.615. The Morgan fingerprint density at radius 2 is 1.59 bits per heavy atom. The van der Waals surface area contributed by atoms with Crippen molar-refractivity contribution in [3.63, 3.8) is 0 Å². The molecule has 96 valence electrons. The molecule has 0 heterocycles. The Morgan fingerprint density at radius 1 is 1.00 bits per heavy atom. The first kappa shape index (κ1) is 15.0. The van der Waals surface area contributed by atoms with Crippen LogP contribution in [-0.2, 0) is 18.7 Å². The molecule has 0 aliphatic heterocycles. The summed E-state index contributed by atoms with van der Waals surface area (Å²) in [5.74, 6) is 1.94. The van der Waals surface area contributed by atoms with Gasteiger partial charge in [0.15, 0.2) is 0 Å². The van der Waals surface area contributed by atoms with Crippen LogP contribution in [0.15, 0.2) is 16.6 Å². The van der Waals surface area contributed by atoms with E-state index in [0.29, 0.717) is 17.7 Å². The van der Waals surface area contributed by atoms with E-state index in [1.165, 1.54) is 21.2 Å². The van der Waals surface area contributed by atoms with E-state index in [4.69, 9.17) is 11.6 Å². The first-order chi connectivity index (χ1) is 7.95. The largest absolute Gasteiger partial charge is 0.122 e. The van der Waals surface area contributed by atoms with Crippen molar-refractivity contribution in [3.8, 4) is 0 Å². The van der Waals surface area contributed by atoms with E-state index in [9.17, 15) is 0 Å². The molecule has 0 unspecified atom stereocenters. The summed E-state index contributed by atoms with van der Waals surface area (Å²) < 4.78 is 1.20. The third kappa shape index (κ3) is 4.30. The quantitative estimate of drug-likeness (QED) is 0.621. The van der Waals surface area contributed by atoms with Gasteiger partial charge in [-0.2, -0.15) is 0 Å². The molecule has 17 heavy (non-hydrogen) atoms. The molecular weight excluding hydrogens is 296 g/mol. The minimum atomic E-state index is 0.615. The molecule has 0 spiro atoms. The summed E-state index contributed by atoms with van der Waals surface area (Å²) >= 11 is 9.81. The summed E-state index contributed by atoms with van der Waals surface area (Å²) in [4.78, 5) is 0. The smallest absolute Gasteiger partial charge is 0.0479 e. The van der Waals surface area contributed by atoms with Gasteiger partial charge in [0.25, 0.3) is 0 Å². The van der Waals surface area contributed by atoms with Gasteiger partial charge in [-0.15, -0.1) is 11.6 Å². The van der Waals surface area contributed by atoms with E-state index in [1.807, 2.05) is 0 Å². The first-order valence-electron chi connectivity index (χ1n) is 6.30. The molecule has 1 aromatic rings. The maximum atomic E-state index is 6.16. The van der Waals surface area contributed by atoms with Gasteiger partial charge in [0.05, 0.1) is 0 Å². The van der Waals surface area contributed by atoms with Crippen LogP contribution in [0.2, 0.25) is 0 Å². The number of benzene rings is 1. The van der Waals surface area contributed by atoms with Crippen molar-refractivity contribution in [1.82, 2.24) is 0 Å². The molecule has 0 atom stereocenters. The molecule has 0 amide bonds. The lowest BCUT2D eigenvalue weighted by atomic mass is 9.91. The van der Waals surface area contributed by atoms with E-state index in [-0.39, 0.29) is 0 Å². The topological polar surface area (TPSA) is 0 Å². The second-order valence-electron chi connectivity index (χ2n) is 5.49. The number of hydrogen-bond acceptors (Lipinski definition) is 0. The molecular formula is C15H22BrCl. The average Bonchev–Trinajstić information content (AvgIpc) is 2.22. The maximum Gasteiger partial charge on any atom is 0.0479 e. The lowest BCUT2D eigenvalue weighted by Crippen LogP contribution is -2.05. The Balaban J connectivity index is 3.16. The van der Waals surface area contributed by atoms with E-state index < -0.39 is 0 Å². The van der Waals surface area contributed by atoms with Gasteiger partial charge in [0.2, 0.25) is 0 Å². The summed E-state index contributed by atoms with van der Waals surface area (Å²) in [5.41, 5.74) is 4.14. The van der Waals surface area contributed by atoms with Crippen LogP contribution in [0.25, 0.3) is 0 Å². The molecule has 0 aromatic heterocycles. The summed E-state index contributed by atoms with van der Waals surface area (Å²) in [6, 6.07) is 4.39. The molecule has 1 rings (SSSR count). The summed E-state index contributed by atoms with van der Waals surface area (Å²) in [5, 5.41) is 0. The van der Waals surface area contributed by atoms with Crippen LogP contribution < -0.4 is 0 Å². The minimum Gasteiger partial charge on any atom is -0.122 e. The zero-order chi connectivity index (χ0) is 13.0. The molecule has 0 radical (unpaired) electrons. The van der Waals surface area contributed by atoms with Gasteiger partial charge < -0.3 is 0 Å². The standard InChI is InChI=1S/C15H22BrCl/c1-10(2)7-12-5-6-15(16)13(8-11(3)4)14(12)9-17/h5-6,10-11H,7-9H2,1-4H3. The highest BCUT2D eigenvalue weighted by atomic mass is 79.9. The predicted octanol–water partition coefficient (Wildman–Crippen LogP) is 5.58. The predicted molar refractivity (Wildman–Crippen MR) is 80.8 cm³/mol. The van der Waals surface area contributed by atoms with Crippen LogP contribution in [-0.4, -0.2) is 0 Å². The van der Waals surface area contributed by atoms with Gasteiger partial charge in [-0.05, 0) is 47.4 Å². The van der Waals surface area contributed by atoms with Crippen molar-refractivity contribution in [3.05, 3.63) is 33.3 Å². The second-order valence-corrected chi connectivity index (χ2v) is 6.61. The Hall–Kier alpha value is -0.0100. The van der Waals surface area contributed by atoms with Gasteiger partial charge in [0.1, 0.15) is 0 Å². The van der Waals surface area contributed by atoms with Gasteiger partial charge in [-0.1, -0.05) is 49.7 Å². The fourth-order valence-electron chi connectivity index (χ4n) is 2.14. The normalized spacial score (nSPS) is 11.5. The average molecular weight is 318 g/mol. The van der Waals surface area contributed by atoms with E-state index in [2.05, 4.69) is 55.8 Å². The fourth-order valence-corrected chi connectivity index (χ4v) is 3.01. The first-order valence-corrected chi connectivity index (χ1v) is 7.63. The maximum absolute atomic E-state index is 6.16. The van der Waals surface area contributed by atoms with Crippen molar-refractivity contribution in [2.45, 2.75) is 46.4 Å². The van der Waals surface area contributed by atoms with Crippen molar-refractivity contribution in [1.29, 1.82) is 0 Å². The molecule has 0 fully saturated rings. The Labute approximate surface area is 119 Å². The Bertz CT molecular complexity index is 369. The van der Waals surface area contributed by atoms with E-state index >= 15 is 0 Å². The highest BCUT2D eigenvalue weighted by molar-refractivity contribution is 9.10. The third-order valence-electron chi connectivity index (χ3n) is 2.85. The lowest BCUT2D eigenvalue weighted by molar-refractivity contribution is 0.629. The summed E-state index contributed by atoms with van der Waals surface area (Å²) in [6.07, 6.45) is 2.20. The highest BCUT2D eigenvalue weighted by Crippen LogP contribution is 2.29. The van der Waals surface area contributed by atoms with E-state index in [1.54, 1.807) is 0 Å². The second kappa shape index (κ2) is 6.80. The lowest BCUT2D eigenvalue weighted by Gasteiger charge is -2.17. The van der Waals surface area contributed by atoms with Gasteiger partial charge in [-0.3, -0.25) is 0 Å². The molecule has 0 nitrogen and oxygen atoms in total. The van der Waals surface area contributed by atoms with Gasteiger partial charge in [-0.25, -0.2) is 0 Å². The highest BCUT2D eigenvalue weighted by Gasteiger charge is 2.13. The Kier molecular flexibility index (Phi) is 6.02. The van der Waals surface area contributed by atoms with Crippen LogP contribution in [0.1, 0.15) is 44.4 Å². The van der Waals surface area contributed by atoms with Crippen LogP contribution in [0.3, 0.4) is 0 Å². The van der Waals surface area contributed by atoms with Crippen molar-refractivity contribution < 1.29 is 0 Å². The zero-order valence-corrected chi connectivity index (χ0v) is 13.5. The number of halogens is 2. The van der Waals surface area contributed by atoms with Gasteiger partial charge >= 0.3 is 0 Å². The van der Waals surface area contributed by atoms with Crippen LogP contribution >= 0.6 is 27.5 Å². The molecule has 0 bridgehead atoms. The van der Waals surface area contributed by atoms with Crippen LogP contribution in [0.5, 0.6) is 0 Å². The fraction of sp³-hybridized carbons (Fsp3) is 0.600. The molecule has 0 saturated heterocycles. The zero-order valence-electron chi connectivity index (χ0n) is 11.2. The third-order valence-corrected chi connectivity index (χ3v) is 3.86. The molecule has 0 aliphatic rings.